The highest BCUT2D eigenvalue weighted by molar-refractivity contribution is 7.89. The van der Waals surface area contributed by atoms with Crippen LogP contribution >= 0.6 is 11.6 Å². The van der Waals surface area contributed by atoms with Crippen LogP contribution in [0.15, 0.2) is 47.4 Å². The first-order chi connectivity index (χ1) is 12.8. The Balaban J connectivity index is 2.06. The summed E-state index contributed by atoms with van der Waals surface area (Å²) in [5.41, 5.74) is 0.738. The molecule has 0 radical (unpaired) electrons. The lowest BCUT2D eigenvalue weighted by molar-refractivity contribution is -0.122. The van der Waals surface area contributed by atoms with E-state index < -0.39 is 22.0 Å². The number of rotatable bonds is 8. The molecule has 0 aliphatic heterocycles. The van der Waals surface area contributed by atoms with Gasteiger partial charge in [-0.15, -0.1) is 0 Å². The quantitative estimate of drug-likeness (QED) is 0.694. The van der Waals surface area contributed by atoms with Gasteiger partial charge in [0.2, 0.25) is 15.9 Å². The van der Waals surface area contributed by atoms with Crippen LogP contribution in [0.25, 0.3) is 0 Å². The highest BCUT2D eigenvalue weighted by Gasteiger charge is 2.23. The van der Waals surface area contributed by atoms with E-state index in [1.807, 2.05) is 0 Å². The highest BCUT2D eigenvalue weighted by atomic mass is 35.5. The van der Waals surface area contributed by atoms with Crippen molar-refractivity contribution >= 4 is 27.5 Å². The summed E-state index contributed by atoms with van der Waals surface area (Å²) in [6, 6.07) is 10.3. The summed E-state index contributed by atoms with van der Waals surface area (Å²) in [5.74, 6) is 0.206. The van der Waals surface area contributed by atoms with Crippen LogP contribution in [0.5, 0.6) is 11.5 Å². The fourth-order valence-corrected chi connectivity index (χ4v) is 3.74. The van der Waals surface area contributed by atoms with Crippen LogP contribution < -0.4 is 19.5 Å². The fraction of sp³-hybridized carbons (Fsp3) is 0.278. The number of nitrogens with one attached hydrogen (secondary N) is 2. The van der Waals surface area contributed by atoms with Gasteiger partial charge in [-0.1, -0.05) is 29.8 Å². The van der Waals surface area contributed by atoms with Crippen LogP contribution in [-0.2, 0) is 21.4 Å². The third-order valence-corrected chi connectivity index (χ3v) is 5.71. The third kappa shape index (κ3) is 5.35. The summed E-state index contributed by atoms with van der Waals surface area (Å²) in [6.07, 6.45) is 0. The van der Waals surface area contributed by atoms with Crippen molar-refractivity contribution in [2.45, 2.75) is 24.4 Å². The van der Waals surface area contributed by atoms with E-state index in [1.54, 1.807) is 24.3 Å². The predicted molar refractivity (Wildman–Crippen MR) is 103 cm³/mol. The molecule has 0 heterocycles. The summed E-state index contributed by atoms with van der Waals surface area (Å²) in [5, 5.41) is 3.18. The van der Waals surface area contributed by atoms with Crippen molar-refractivity contribution in [2.24, 2.45) is 0 Å². The molecule has 1 amide bonds. The first-order valence-corrected chi connectivity index (χ1v) is 9.90. The second-order valence-corrected chi connectivity index (χ2v) is 7.79. The lowest BCUT2D eigenvalue weighted by Gasteiger charge is -2.16. The Morgan fingerprint density at radius 1 is 1.11 bits per heavy atom. The van der Waals surface area contributed by atoms with E-state index in [-0.39, 0.29) is 17.2 Å². The zero-order chi connectivity index (χ0) is 20.0. The molecule has 146 valence electrons. The summed E-state index contributed by atoms with van der Waals surface area (Å²) >= 11 is 6.04. The van der Waals surface area contributed by atoms with Crippen molar-refractivity contribution < 1.29 is 22.7 Å². The maximum absolute atomic E-state index is 12.5. The zero-order valence-electron chi connectivity index (χ0n) is 15.2. The number of hydrogen-bond donors (Lipinski definition) is 2. The van der Waals surface area contributed by atoms with E-state index in [4.69, 9.17) is 21.1 Å². The number of ether oxygens (including phenoxy) is 2. The molecule has 0 fully saturated rings. The van der Waals surface area contributed by atoms with Crippen molar-refractivity contribution in [1.82, 2.24) is 10.0 Å². The maximum Gasteiger partial charge on any atom is 0.241 e. The fourth-order valence-electron chi connectivity index (χ4n) is 2.32. The first-order valence-electron chi connectivity index (χ1n) is 8.04. The number of hydrogen-bond acceptors (Lipinski definition) is 5. The van der Waals surface area contributed by atoms with Crippen LogP contribution in [0.4, 0.5) is 0 Å². The lowest BCUT2D eigenvalue weighted by Crippen LogP contribution is -2.44. The van der Waals surface area contributed by atoms with E-state index in [2.05, 4.69) is 10.0 Å². The number of carbonyl (C=O) groups excluding carboxylic acids is 1. The molecular formula is C18H21ClN2O5S. The van der Waals surface area contributed by atoms with Crippen molar-refractivity contribution in [3.05, 3.63) is 53.1 Å². The number of halogens is 1. The van der Waals surface area contributed by atoms with Crippen LogP contribution in [0.3, 0.4) is 0 Å². The smallest absolute Gasteiger partial charge is 0.241 e. The van der Waals surface area contributed by atoms with Crippen LogP contribution in [-0.4, -0.2) is 34.6 Å². The van der Waals surface area contributed by atoms with Gasteiger partial charge in [-0.3, -0.25) is 4.79 Å². The van der Waals surface area contributed by atoms with Crippen molar-refractivity contribution in [1.29, 1.82) is 0 Å². The minimum Gasteiger partial charge on any atom is -0.493 e. The largest absolute Gasteiger partial charge is 0.493 e. The van der Waals surface area contributed by atoms with Crippen molar-refractivity contribution in [3.8, 4) is 11.5 Å². The average Bonchev–Trinajstić information content (AvgIpc) is 2.66. The van der Waals surface area contributed by atoms with Gasteiger partial charge < -0.3 is 14.8 Å². The zero-order valence-corrected chi connectivity index (χ0v) is 16.7. The molecule has 2 rings (SSSR count). The summed E-state index contributed by atoms with van der Waals surface area (Å²) in [7, 11) is -1.06. The second kappa shape index (κ2) is 9.07. The highest BCUT2D eigenvalue weighted by Crippen LogP contribution is 2.29. The molecule has 2 N–H and O–H groups in total. The minimum absolute atomic E-state index is 0.0362. The van der Waals surface area contributed by atoms with E-state index in [1.165, 1.54) is 39.3 Å². The molecule has 0 unspecified atom stereocenters. The number of benzene rings is 2. The molecule has 7 nitrogen and oxygen atoms in total. The molecule has 0 aliphatic rings. The Morgan fingerprint density at radius 2 is 1.78 bits per heavy atom. The molecule has 0 saturated heterocycles. The van der Waals surface area contributed by atoms with Crippen molar-refractivity contribution in [3.63, 3.8) is 0 Å². The van der Waals surface area contributed by atoms with Crippen LogP contribution in [0.2, 0.25) is 5.02 Å². The van der Waals surface area contributed by atoms with Gasteiger partial charge >= 0.3 is 0 Å². The Bertz CT molecular complexity index is 918. The van der Waals surface area contributed by atoms with Gasteiger partial charge in [0.15, 0.2) is 11.5 Å². The first kappa shape index (κ1) is 21.0. The van der Waals surface area contributed by atoms with Gasteiger partial charge in [-0.2, -0.15) is 4.72 Å². The lowest BCUT2D eigenvalue weighted by atomic mass is 10.2. The van der Waals surface area contributed by atoms with E-state index in [9.17, 15) is 13.2 Å². The Kier molecular flexibility index (Phi) is 7.06. The predicted octanol–water partition coefficient (Wildman–Crippen LogP) is 2.34. The van der Waals surface area contributed by atoms with Gasteiger partial charge in [0.25, 0.3) is 0 Å². The molecular weight excluding hydrogens is 392 g/mol. The topological polar surface area (TPSA) is 93.7 Å². The molecule has 0 aromatic heterocycles. The summed E-state index contributed by atoms with van der Waals surface area (Å²) < 4.78 is 37.6. The monoisotopic (exact) mass is 412 g/mol. The van der Waals surface area contributed by atoms with Gasteiger partial charge in [-0.05, 0) is 30.7 Å². The van der Waals surface area contributed by atoms with Gasteiger partial charge in [0.05, 0.1) is 25.2 Å². The minimum atomic E-state index is -3.93. The SMILES string of the molecule is COc1ccc(S(=O)(=O)N[C@H](C)C(=O)NCc2ccccc2Cl)cc1OC. The normalized spacial score (nSPS) is 12.3. The second-order valence-electron chi connectivity index (χ2n) is 5.67. The van der Waals surface area contributed by atoms with Crippen LogP contribution in [0.1, 0.15) is 12.5 Å². The molecule has 1 atom stereocenters. The Morgan fingerprint density at radius 3 is 2.41 bits per heavy atom. The number of methoxy groups -OCH3 is 2. The van der Waals surface area contributed by atoms with Crippen LogP contribution in [0, 0.1) is 0 Å². The van der Waals surface area contributed by atoms with E-state index in [0.717, 1.165) is 5.56 Å². The van der Waals surface area contributed by atoms with Crippen molar-refractivity contribution in [2.75, 3.05) is 14.2 Å². The molecule has 2 aromatic carbocycles. The molecule has 9 heteroatoms. The number of sulfonamides is 1. The molecule has 0 aliphatic carbocycles. The standard InChI is InChI=1S/C18H21ClN2O5S/c1-12(18(22)20-11-13-6-4-5-7-15(13)19)21-27(23,24)14-8-9-16(25-2)17(10-14)26-3/h4-10,12,21H,11H2,1-3H3,(H,20,22)/t12-/m1/s1. The number of amides is 1. The molecule has 0 bridgehead atoms. The Hall–Kier alpha value is -2.29. The van der Waals surface area contributed by atoms with E-state index >= 15 is 0 Å². The Labute approximate surface area is 163 Å². The van der Waals surface area contributed by atoms with Gasteiger partial charge in [0.1, 0.15) is 0 Å². The molecule has 0 saturated carbocycles. The average molecular weight is 413 g/mol. The molecule has 0 spiro atoms. The molecule has 2 aromatic rings. The number of carbonyl (C=O) groups is 1. The van der Waals surface area contributed by atoms with Gasteiger partial charge in [-0.25, -0.2) is 8.42 Å². The summed E-state index contributed by atoms with van der Waals surface area (Å²) in [4.78, 5) is 12.2. The van der Waals surface area contributed by atoms with E-state index in [0.29, 0.717) is 10.8 Å². The van der Waals surface area contributed by atoms with Gasteiger partial charge in [0, 0.05) is 17.6 Å². The maximum atomic E-state index is 12.5. The molecule has 27 heavy (non-hydrogen) atoms. The summed E-state index contributed by atoms with van der Waals surface area (Å²) in [6.45, 7) is 1.65. The third-order valence-electron chi connectivity index (χ3n) is 3.80.